The Kier molecular flexibility index (Phi) is 3.97. The number of rotatable bonds is 3. The highest BCUT2D eigenvalue weighted by atomic mass is 32.1. The summed E-state index contributed by atoms with van der Waals surface area (Å²) in [7, 11) is 0. The average molecular weight is 325 g/mol. The molecular formula is C18H19N3OS. The van der Waals surface area contributed by atoms with Crippen molar-refractivity contribution in [3.05, 3.63) is 42.7 Å². The largest absolute Gasteiger partial charge is 0.396 e. The molecule has 23 heavy (non-hydrogen) atoms. The lowest BCUT2D eigenvalue weighted by Crippen LogP contribution is -2.37. The number of fused-ring (bicyclic) bond motifs is 1. The zero-order valence-electron chi connectivity index (χ0n) is 12.9. The summed E-state index contributed by atoms with van der Waals surface area (Å²) < 4.78 is 0. The van der Waals surface area contributed by atoms with Crippen LogP contribution in [0.3, 0.4) is 0 Å². The third kappa shape index (κ3) is 2.82. The first-order valence-corrected chi connectivity index (χ1v) is 8.82. The number of hydrogen-bond acceptors (Lipinski definition) is 5. The Morgan fingerprint density at radius 3 is 2.91 bits per heavy atom. The molecule has 1 aromatic carbocycles. The molecule has 3 heterocycles. The fourth-order valence-corrected chi connectivity index (χ4v) is 4.25. The van der Waals surface area contributed by atoms with E-state index in [1.165, 1.54) is 10.4 Å². The van der Waals surface area contributed by atoms with Crippen molar-refractivity contribution in [2.75, 3.05) is 24.6 Å². The fourth-order valence-electron chi connectivity index (χ4n) is 3.25. The van der Waals surface area contributed by atoms with Gasteiger partial charge in [0.25, 0.3) is 0 Å². The van der Waals surface area contributed by atoms with Crippen molar-refractivity contribution in [3.8, 4) is 10.4 Å². The molecule has 0 amide bonds. The quantitative estimate of drug-likeness (QED) is 0.800. The van der Waals surface area contributed by atoms with Gasteiger partial charge in [0.1, 0.15) is 17.0 Å². The molecule has 2 aromatic heterocycles. The molecule has 4 rings (SSSR count). The van der Waals surface area contributed by atoms with Gasteiger partial charge in [0.2, 0.25) is 0 Å². The van der Waals surface area contributed by atoms with Crippen molar-refractivity contribution in [2.24, 2.45) is 5.92 Å². The Balaban J connectivity index is 1.74. The summed E-state index contributed by atoms with van der Waals surface area (Å²) in [6.45, 7) is 2.13. The van der Waals surface area contributed by atoms with Gasteiger partial charge in [0.15, 0.2) is 0 Å². The molecule has 0 bridgehead atoms. The van der Waals surface area contributed by atoms with Gasteiger partial charge in [0, 0.05) is 24.6 Å². The topological polar surface area (TPSA) is 49.2 Å². The van der Waals surface area contributed by atoms with Gasteiger partial charge in [0.05, 0.1) is 5.39 Å². The smallest absolute Gasteiger partial charge is 0.140 e. The van der Waals surface area contributed by atoms with Gasteiger partial charge >= 0.3 is 0 Å². The summed E-state index contributed by atoms with van der Waals surface area (Å²) in [4.78, 5) is 13.5. The van der Waals surface area contributed by atoms with E-state index in [2.05, 4.69) is 45.2 Å². The third-order valence-electron chi connectivity index (χ3n) is 4.44. The summed E-state index contributed by atoms with van der Waals surface area (Å²) in [5.41, 5.74) is 1.22. The number of aliphatic hydroxyl groups is 1. The van der Waals surface area contributed by atoms with E-state index in [0.717, 1.165) is 42.0 Å². The molecule has 4 nitrogen and oxygen atoms in total. The zero-order valence-corrected chi connectivity index (χ0v) is 13.7. The van der Waals surface area contributed by atoms with Gasteiger partial charge in [-0.1, -0.05) is 30.3 Å². The third-order valence-corrected chi connectivity index (χ3v) is 5.54. The molecule has 1 atom stereocenters. The number of nitrogens with zero attached hydrogens (tertiary/aromatic N) is 3. The van der Waals surface area contributed by atoms with Crippen LogP contribution in [0, 0.1) is 5.92 Å². The number of piperidine rings is 1. The van der Waals surface area contributed by atoms with Crippen LogP contribution in [0.25, 0.3) is 20.7 Å². The van der Waals surface area contributed by atoms with Crippen LogP contribution in [-0.4, -0.2) is 34.8 Å². The molecule has 118 valence electrons. The summed E-state index contributed by atoms with van der Waals surface area (Å²) in [6, 6.07) is 12.6. The molecule has 1 N–H and O–H groups in total. The number of benzene rings is 1. The second-order valence-corrected chi connectivity index (χ2v) is 7.06. The zero-order chi connectivity index (χ0) is 15.6. The van der Waals surface area contributed by atoms with Crippen LogP contribution in [0.2, 0.25) is 0 Å². The van der Waals surface area contributed by atoms with E-state index in [1.807, 2.05) is 6.07 Å². The molecule has 0 radical (unpaired) electrons. The second-order valence-electron chi connectivity index (χ2n) is 6.03. The number of thiophene rings is 1. The van der Waals surface area contributed by atoms with Crippen molar-refractivity contribution in [1.82, 2.24) is 9.97 Å². The van der Waals surface area contributed by atoms with Crippen molar-refractivity contribution >= 4 is 27.4 Å². The Hall–Kier alpha value is -1.98. The Bertz CT molecular complexity index is 802. The van der Waals surface area contributed by atoms with E-state index >= 15 is 0 Å². The van der Waals surface area contributed by atoms with E-state index < -0.39 is 0 Å². The van der Waals surface area contributed by atoms with Gasteiger partial charge in [-0.25, -0.2) is 9.97 Å². The second kappa shape index (κ2) is 6.26. The number of hydrogen-bond donors (Lipinski definition) is 1. The summed E-state index contributed by atoms with van der Waals surface area (Å²) in [5, 5.41) is 10.6. The van der Waals surface area contributed by atoms with Crippen LogP contribution in [0.1, 0.15) is 12.8 Å². The summed E-state index contributed by atoms with van der Waals surface area (Å²) in [5.74, 6) is 1.35. The first-order chi connectivity index (χ1) is 11.3. The highest BCUT2D eigenvalue weighted by molar-refractivity contribution is 7.21. The Labute approximate surface area is 139 Å². The van der Waals surface area contributed by atoms with E-state index in [0.29, 0.717) is 5.92 Å². The molecular weight excluding hydrogens is 306 g/mol. The fraction of sp³-hybridized carbons (Fsp3) is 0.333. The lowest BCUT2D eigenvalue weighted by Gasteiger charge is -2.32. The molecule has 0 aliphatic carbocycles. The number of anilines is 1. The van der Waals surface area contributed by atoms with Crippen LogP contribution in [0.4, 0.5) is 5.82 Å². The van der Waals surface area contributed by atoms with E-state index in [9.17, 15) is 5.11 Å². The minimum Gasteiger partial charge on any atom is -0.396 e. The van der Waals surface area contributed by atoms with Crippen LogP contribution < -0.4 is 4.90 Å². The van der Waals surface area contributed by atoms with Gasteiger partial charge < -0.3 is 10.0 Å². The number of aliphatic hydroxyl groups excluding tert-OH is 1. The normalized spacial score (nSPS) is 18.5. The summed E-state index contributed by atoms with van der Waals surface area (Å²) in [6.07, 6.45) is 3.86. The van der Waals surface area contributed by atoms with Gasteiger partial charge in [-0.3, -0.25) is 0 Å². The van der Waals surface area contributed by atoms with Gasteiger partial charge in [-0.05, 0) is 30.4 Å². The van der Waals surface area contributed by atoms with Crippen LogP contribution in [0.15, 0.2) is 42.7 Å². The minimum absolute atomic E-state index is 0.254. The molecule has 1 fully saturated rings. The van der Waals surface area contributed by atoms with Gasteiger partial charge in [-0.2, -0.15) is 0 Å². The first-order valence-electron chi connectivity index (χ1n) is 8.01. The van der Waals surface area contributed by atoms with Crippen molar-refractivity contribution in [3.63, 3.8) is 0 Å². The molecule has 3 aromatic rings. The molecule has 0 spiro atoms. The molecule has 1 saturated heterocycles. The maximum absolute atomic E-state index is 9.46. The molecule has 0 saturated carbocycles. The lowest BCUT2D eigenvalue weighted by molar-refractivity contribution is 0.208. The van der Waals surface area contributed by atoms with Crippen molar-refractivity contribution in [2.45, 2.75) is 12.8 Å². The average Bonchev–Trinajstić information content (AvgIpc) is 3.07. The maximum atomic E-state index is 9.46. The maximum Gasteiger partial charge on any atom is 0.140 e. The predicted molar refractivity (Wildman–Crippen MR) is 94.9 cm³/mol. The van der Waals surface area contributed by atoms with E-state index in [1.54, 1.807) is 17.7 Å². The molecule has 0 unspecified atom stereocenters. The minimum atomic E-state index is 0.254. The van der Waals surface area contributed by atoms with Crippen LogP contribution in [0.5, 0.6) is 0 Å². The van der Waals surface area contributed by atoms with Crippen molar-refractivity contribution < 1.29 is 5.11 Å². The molecule has 1 aliphatic rings. The Morgan fingerprint density at radius 2 is 2.09 bits per heavy atom. The van der Waals surface area contributed by atoms with Crippen LogP contribution >= 0.6 is 11.3 Å². The molecule has 1 aliphatic heterocycles. The SMILES string of the molecule is OC[C@@H]1CCCN(c2ncnc3sc(-c4ccccc4)cc23)C1. The van der Waals surface area contributed by atoms with E-state index in [4.69, 9.17) is 0 Å². The lowest BCUT2D eigenvalue weighted by atomic mass is 9.99. The summed E-state index contributed by atoms with van der Waals surface area (Å²) >= 11 is 1.71. The monoisotopic (exact) mass is 325 g/mol. The number of aromatic nitrogens is 2. The first kappa shape index (κ1) is 14.6. The van der Waals surface area contributed by atoms with E-state index in [-0.39, 0.29) is 6.61 Å². The highest BCUT2D eigenvalue weighted by Crippen LogP contribution is 2.36. The molecule has 5 heteroatoms. The van der Waals surface area contributed by atoms with Crippen LogP contribution in [-0.2, 0) is 0 Å². The highest BCUT2D eigenvalue weighted by Gasteiger charge is 2.22. The predicted octanol–water partition coefficient (Wildman–Crippen LogP) is 3.57. The van der Waals surface area contributed by atoms with Crippen molar-refractivity contribution in [1.29, 1.82) is 0 Å². The Morgan fingerprint density at radius 1 is 1.22 bits per heavy atom. The van der Waals surface area contributed by atoms with Gasteiger partial charge in [-0.15, -0.1) is 11.3 Å². The standard InChI is InChI=1S/C18H19N3OS/c22-11-13-5-4-8-21(10-13)17-15-9-16(14-6-2-1-3-7-14)23-18(15)20-12-19-17/h1-3,6-7,9,12-13,22H,4-5,8,10-11H2/t13-/m1/s1.